The lowest BCUT2D eigenvalue weighted by atomic mass is 10.1. The van der Waals surface area contributed by atoms with Crippen molar-refractivity contribution < 1.29 is 14.6 Å². The van der Waals surface area contributed by atoms with Crippen LogP contribution in [0.4, 0.5) is 4.79 Å². The van der Waals surface area contributed by atoms with E-state index < -0.39 is 0 Å². The summed E-state index contributed by atoms with van der Waals surface area (Å²) in [5.74, 6) is 0. The second-order valence-corrected chi connectivity index (χ2v) is 8.20. The molecule has 156 valence electrons. The molecule has 1 N–H and O–H groups in total. The summed E-state index contributed by atoms with van der Waals surface area (Å²) in [5, 5.41) is 20.8. The first-order valence-corrected chi connectivity index (χ1v) is 9.98. The van der Waals surface area contributed by atoms with Gasteiger partial charge in [-0.3, -0.25) is 0 Å². The molecule has 1 atom stereocenters. The molecule has 1 aromatic carbocycles. The molecule has 0 unspecified atom stereocenters. The molecule has 1 aromatic rings. The van der Waals surface area contributed by atoms with Gasteiger partial charge in [-0.15, -0.1) is 5.01 Å². The number of unbranched alkanes of at least 4 members (excludes halogenated alkanes) is 1. The zero-order chi connectivity index (χ0) is 20.6. The Hall–Kier alpha value is -2.51. The van der Waals surface area contributed by atoms with E-state index in [0.29, 0.717) is 37.6 Å². The molecule has 1 saturated heterocycles. The molecule has 1 fully saturated rings. The molecule has 1 aliphatic rings. The second kappa shape index (κ2) is 10.1. The van der Waals surface area contributed by atoms with Crippen LogP contribution in [-0.2, 0) is 11.4 Å². The van der Waals surface area contributed by atoms with E-state index in [-0.39, 0.29) is 17.7 Å². The molecular weight excluding hydrogens is 358 g/mol. The van der Waals surface area contributed by atoms with Crippen LogP contribution in [0, 0.1) is 5.21 Å². The minimum atomic E-state index is -0.288. The Morgan fingerprint density at radius 2 is 2.11 bits per heavy atom. The number of carbonyl (C=O) groups excluding carboxylic acids is 1. The molecule has 1 aliphatic heterocycles. The summed E-state index contributed by atoms with van der Waals surface area (Å²) in [6.07, 6.45) is 2.26. The van der Waals surface area contributed by atoms with Crippen LogP contribution in [0.3, 0.4) is 0 Å². The van der Waals surface area contributed by atoms with E-state index >= 15 is 0 Å². The van der Waals surface area contributed by atoms with E-state index in [4.69, 9.17) is 4.84 Å². The van der Waals surface area contributed by atoms with Crippen molar-refractivity contribution in [3.05, 3.63) is 41.1 Å². The van der Waals surface area contributed by atoms with Crippen molar-refractivity contribution >= 4 is 6.03 Å². The Labute approximate surface area is 167 Å². The highest BCUT2D eigenvalue weighted by Crippen LogP contribution is 2.15. The van der Waals surface area contributed by atoms with Crippen molar-refractivity contribution in [1.82, 2.24) is 15.2 Å². The van der Waals surface area contributed by atoms with E-state index in [0.717, 1.165) is 18.4 Å². The van der Waals surface area contributed by atoms with Crippen LogP contribution in [-0.4, -0.2) is 52.2 Å². The Morgan fingerprint density at radius 3 is 2.75 bits per heavy atom. The van der Waals surface area contributed by atoms with Gasteiger partial charge in [0.15, 0.2) is 6.10 Å². The van der Waals surface area contributed by atoms with Gasteiger partial charge in [-0.1, -0.05) is 43.7 Å². The molecule has 2 amide bonds. The number of nitrogens with one attached hydrogen (secondary N) is 1. The Morgan fingerprint density at radius 1 is 1.39 bits per heavy atom. The Bertz CT molecular complexity index is 645. The topological polar surface area (TPSA) is 83.2 Å². The first-order chi connectivity index (χ1) is 13.3. The van der Waals surface area contributed by atoms with Crippen LogP contribution >= 0.6 is 0 Å². The number of carbonyl (C=O) groups is 1. The SMILES string of the molecule is CCCCN(Cc1ccccc1)/[N+]([O-])=N/O[C@@H]1CCN(C(=O)NC(C)(C)C)C1. The van der Waals surface area contributed by atoms with Crippen molar-refractivity contribution in [3.63, 3.8) is 0 Å². The van der Waals surface area contributed by atoms with Gasteiger partial charge in [-0.05, 0) is 32.8 Å². The molecule has 2 rings (SSSR count). The molecule has 0 aromatic heterocycles. The van der Waals surface area contributed by atoms with Crippen molar-refractivity contribution in [2.75, 3.05) is 19.6 Å². The van der Waals surface area contributed by atoms with Gasteiger partial charge in [0.1, 0.15) is 6.54 Å². The second-order valence-electron chi connectivity index (χ2n) is 8.20. The van der Waals surface area contributed by atoms with E-state index in [1.54, 1.807) is 9.91 Å². The molecule has 1 heterocycles. The third-order valence-electron chi connectivity index (χ3n) is 4.40. The molecule has 0 aliphatic carbocycles. The number of likely N-dealkylation sites (tertiary alicyclic amines) is 1. The molecule has 8 heteroatoms. The summed E-state index contributed by atoms with van der Waals surface area (Å²) >= 11 is 0. The summed E-state index contributed by atoms with van der Waals surface area (Å²) < 4.78 is 0. The summed E-state index contributed by atoms with van der Waals surface area (Å²) in [5.41, 5.74) is 0.754. The summed E-state index contributed by atoms with van der Waals surface area (Å²) in [6, 6.07) is 9.69. The van der Waals surface area contributed by atoms with E-state index in [1.807, 2.05) is 51.1 Å². The molecular formula is C20H33N5O3. The highest BCUT2D eigenvalue weighted by atomic mass is 16.7. The monoisotopic (exact) mass is 391 g/mol. The molecule has 0 bridgehead atoms. The van der Waals surface area contributed by atoms with Crippen molar-refractivity contribution in [3.8, 4) is 0 Å². The summed E-state index contributed by atoms with van der Waals surface area (Å²) in [6.45, 7) is 10.00. The first kappa shape index (κ1) is 21.8. The number of amides is 2. The fraction of sp³-hybridized carbons (Fsp3) is 0.650. The largest absolute Gasteiger partial charge is 0.569 e. The van der Waals surface area contributed by atoms with Crippen LogP contribution in [0.1, 0.15) is 52.5 Å². The molecule has 0 spiro atoms. The minimum Gasteiger partial charge on any atom is -0.569 e. The molecule has 8 nitrogen and oxygen atoms in total. The number of hydrazine groups is 1. The van der Waals surface area contributed by atoms with E-state index in [1.165, 1.54) is 0 Å². The molecule has 0 saturated carbocycles. The Kier molecular flexibility index (Phi) is 7.90. The first-order valence-electron chi connectivity index (χ1n) is 9.98. The summed E-state index contributed by atoms with van der Waals surface area (Å²) in [7, 11) is 0. The number of rotatable bonds is 8. The standard InChI is InChI=1S/C20H33N5O3/c1-5-6-13-24(15-17-10-8-7-9-11-17)25(27)22-28-18-12-14-23(16-18)19(26)21-20(2,3)4/h7-11,18H,5-6,12-16H2,1-4H3,(H,21,26)/b25-22-/t18-/m1/s1. The highest BCUT2D eigenvalue weighted by Gasteiger charge is 2.30. The van der Waals surface area contributed by atoms with Gasteiger partial charge >= 0.3 is 6.03 Å². The van der Waals surface area contributed by atoms with Gasteiger partial charge in [0.05, 0.1) is 18.1 Å². The average molecular weight is 392 g/mol. The lowest BCUT2D eigenvalue weighted by Crippen LogP contribution is -2.47. The van der Waals surface area contributed by atoms with Crippen molar-refractivity contribution in [2.24, 2.45) is 5.28 Å². The van der Waals surface area contributed by atoms with Gasteiger partial charge < -0.3 is 20.3 Å². The summed E-state index contributed by atoms with van der Waals surface area (Å²) in [4.78, 5) is 19.9. The van der Waals surface area contributed by atoms with Gasteiger partial charge in [0, 0.05) is 18.5 Å². The number of nitrogens with zero attached hydrogens (tertiary/aromatic N) is 4. The maximum atomic E-state index is 12.5. The maximum Gasteiger partial charge on any atom is 0.317 e. The third-order valence-corrected chi connectivity index (χ3v) is 4.40. The van der Waals surface area contributed by atoms with Crippen LogP contribution in [0.25, 0.3) is 0 Å². The Balaban J connectivity index is 1.90. The van der Waals surface area contributed by atoms with Crippen molar-refractivity contribution in [2.45, 2.75) is 65.1 Å². The number of hydrogen-bond donors (Lipinski definition) is 1. The van der Waals surface area contributed by atoms with Crippen LogP contribution in [0.15, 0.2) is 35.6 Å². The normalized spacial score (nSPS) is 17.5. The fourth-order valence-electron chi connectivity index (χ4n) is 2.92. The lowest BCUT2D eigenvalue weighted by Gasteiger charge is -2.25. The molecule has 0 radical (unpaired) electrons. The van der Waals surface area contributed by atoms with Crippen LogP contribution in [0.2, 0.25) is 0 Å². The van der Waals surface area contributed by atoms with E-state index in [2.05, 4.69) is 17.5 Å². The zero-order valence-electron chi connectivity index (χ0n) is 17.4. The van der Waals surface area contributed by atoms with Crippen LogP contribution in [0.5, 0.6) is 0 Å². The highest BCUT2D eigenvalue weighted by molar-refractivity contribution is 5.75. The predicted octanol–water partition coefficient (Wildman–Crippen LogP) is 3.68. The van der Waals surface area contributed by atoms with Crippen molar-refractivity contribution in [1.29, 1.82) is 0 Å². The van der Waals surface area contributed by atoms with E-state index in [9.17, 15) is 10.0 Å². The average Bonchev–Trinajstić information content (AvgIpc) is 3.12. The zero-order valence-corrected chi connectivity index (χ0v) is 17.4. The fourth-order valence-corrected chi connectivity index (χ4v) is 2.92. The quantitative estimate of drug-likeness (QED) is 0.416. The third kappa shape index (κ3) is 7.25. The lowest BCUT2D eigenvalue weighted by molar-refractivity contribution is -0.715. The van der Waals surface area contributed by atoms with Gasteiger partial charge in [0.25, 0.3) is 0 Å². The number of hydrogen-bond acceptors (Lipinski definition) is 4. The van der Waals surface area contributed by atoms with Gasteiger partial charge in [0.2, 0.25) is 5.28 Å². The van der Waals surface area contributed by atoms with Gasteiger partial charge in [-0.2, -0.15) is 0 Å². The van der Waals surface area contributed by atoms with Gasteiger partial charge in [-0.25, -0.2) is 4.79 Å². The molecule has 28 heavy (non-hydrogen) atoms. The maximum absolute atomic E-state index is 12.5. The number of urea groups is 1. The predicted molar refractivity (Wildman–Crippen MR) is 107 cm³/mol. The number of benzene rings is 1. The van der Waals surface area contributed by atoms with Crippen LogP contribution < -0.4 is 5.32 Å². The smallest absolute Gasteiger partial charge is 0.317 e. The minimum absolute atomic E-state index is 0.119.